The van der Waals surface area contributed by atoms with E-state index < -0.39 is 0 Å². The van der Waals surface area contributed by atoms with Gasteiger partial charge in [0.15, 0.2) is 0 Å². The monoisotopic (exact) mass is 376 g/mol. The van der Waals surface area contributed by atoms with Crippen molar-refractivity contribution >= 4 is 11.8 Å². The van der Waals surface area contributed by atoms with E-state index in [0.717, 1.165) is 45.2 Å². The first-order valence-electron chi connectivity index (χ1n) is 10.3. The highest BCUT2D eigenvalue weighted by Gasteiger charge is 2.37. The third-order valence-electron chi connectivity index (χ3n) is 5.56. The fraction of sp³-hybridized carbons (Fsp3) is 0.750. The Morgan fingerprint density at radius 3 is 2.78 bits per heavy atom. The maximum Gasteiger partial charge on any atom is 0.225 e. The predicted molar refractivity (Wildman–Crippen MR) is 102 cm³/mol. The van der Waals surface area contributed by atoms with E-state index in [1.807, 2.05) is 17.2 Å². The molecule has 3 rings (SSSR count). The third kappa shape index (κ3) is 5.54. The minimum absolute atomic E-state index is 0.000918. The van der Waals surface area contributed by atoms with E-state index in [4.69, 9.17) is 4.74 Å². The molecule has 1 saturated heterocycles. The van der Waals surface area contributed by atoms with Crippen LogP contribution in [0.25, 0.3) is 0 Å². The zero-order valence-corrected chi connectivity index (χ0v) is 16.3. The van der Waals surface area contributed by atoms with Crippen molar-refractivity contribution in [1.29, 1.82) is 0 Å². The Morgan fingerprint density at radius 1 is 1.26 bits per heavy atom. The molecule has 0 radical (unpaired) electrons. The van der Waals surface area contributed by atoms with Gasteiger partial charge in [-0.3, -0.25) is 14.3 Å². The second-order valence-electron chi connectivity index (χ2n) is 7.64. The number of likely N-dealkylation sites (tertiary alicyclic amines) is 1. The molecule has 1 aromatic rings. The number of carbonyl (C=O) groups is 2. The highest BCUT2D eigenvalue weighted by molar-refractivity contribution is 5.80. The van der Waals surface area contributed by atoms with E-state index in [0.29, 0.717) is 26.0 Å². The maximum atomic E-state index is 12.8. The fourth-order valence-electron chi connectivity index (χ4n) is 4.11. The average Bonchev–Trinajstić information content (AvgIpc) is 3.38. The number of aromatic nitrogens is 2. The first-order chi connectivity index (χ1) is 13.2. The van der Waals surface area contributed by atoms with E-state index in [-0.39, 0.29) is 29.9 Å². The lowest BCUT2D eigenvalue weighted by molar-refractivity contribution is -0.138. The van der Waals surface area contributed by atoms with Crippen LogP contribution in [-0.4, -0.2) is 58.3 Å². The molecular weight excluding hydrogens is 344 g/mol. The van der Waals surface area contributed by atoms with Crippen LogP contribution in [0.4, 0.5) is 0 Å². The standard InChI is InChI=1S/C20H32N4O3/c1-2-14-27-18-7-6-16(20(26)23-10-3-4-11-23)15-17(18)22-19(25)8-13-24-12-5-9-21-24/h5,9,12,16-18H,2-4,6-8,10-11,13-15H2,1H3,(H,22,25)/t16-,17+,18+/m0/s1. The van der Waals surface area contributed by atoms with Crippen molar-refractivity contribution in [3.8, 4) is 0 Å². The molecule has 7 nitrogen and oxygen atoms in total. The number of hydrogen-bond donors (Lipinski definition) is 1. The highest BCUT2D eigenvalue weighted by atomic mass is 16.5. The molecular formula is C20H32N4O3. The minimum Gasteiger partial charge on any atom is -0.376 e. The van der Waals surface area contributed by atoms with Gasteiger partial charge in [-0.2, -0.15) is 5.10 Å². The van der Waals surface area contributed by atoms with E-state index in [2.05, 4.69) is 17.3 Å². The van der Waals surface area contributed by atoms with Gasteiger partial charge >= 0.3 is 0 Å². The molecule has 0 bridgehead atoms. The summed E-state index contributed by atoms with van der Waals surface area (Å²) in [6.45, 7) is 5.09. The van der Waals surface area contributed by atoms with Gasteiger partial charge in [0.2, 0.25) is 11.8 Å². The number of rotatable bonds is 8. The average molecular weight is 377 g/mol. The summed E-state index contributed by atoms with van der Waals surface area (Å²) in [6, 6.07) is 1.76. The van der Waals surface area contributed by atoms with Crippen molar-refractivity contribution in [2.45, 2.75) is 70.6 Å². The van der Waals surface area contributed by atoms with Crippen molar-refractivity contribution in [3.05, 3.63) is 18.5 Å². The van der Waals surface area contributed by atoms with Gasteiger partial charge in [-0.1, -0.05) is 6.92 Å². The summed E-state index contributed by atoms with van der Waals surface area (Å²) in [6.07, 6.45) is 9.46. The molecule has 1 N–H and O–H groups in total. The SMILES string of the molecule is CCCO[C@@H]1CC[C@H](C(=O)N2CCCC2)C[C@H]1NC(=O)CCn1cccn1. The summed E-state index contributed by atoms with van der Waals surface area (Å²) < 4.78 is 7.75. The molecule has 3 atom stereocenters. The van der Waals surface area contributed by atoms with Gasteiger partial charge in [0, 0.05) is 51.0 Å². The Hall–Kier alpha value is -1.89. The van der Waals surface area contributed by atoms with E-state index in [1.165, 1.54) is 0 Å². The highest BCUT2D eigenvalue weighted by Crippen LogP contribution is 2.29. The maximum absolute atomic E-state index is 12.8. The van der Waals surface area contributed by atoms with Crippen LogP contribution in [0.2, 0.25) is 0 Å². The first-order valence-corrected chi connectivity index (χ1v) is 10.3. The lowest BCUT2D eigenvalue weighted by Crippen LogP contribution is -2.51. The van der Waals surface area contributed by atoms with Crippen LogP contribution in [0, 0.1) is 5.92 Å². The fourth-order valence-corrected chi connectivity index (χ4v) is 4.11. The number of nitrogens with one attached hydrogen (secondary N) is 1. The van der Waals surface area contributed by atoms with Gasteiger partial charge in [0.1, 0.15) is 0 Å². The van der Waals surface area contributed by atoms with Crippen molar-refractivity contribution in [1.82, 2.24) is 20.0 Å². The number of aryl methyl sites for hydroxylation is 1. The minimum atomic E-state index is -0.0908. The zero-order valence-electron chi connectivity index (χ0n) is 16.3. The quantitative estimate of drug-likeness (QED) is 0.753. The molecule has 1 aromatic heterocycles. The zero-order chi connectivity index (χ0) is 19.1. The van der Waals surface area contributed by atoms with Gasteiger partial charge in [0.05, 0.1) is 12.1 Å². The van der Waals surface area contributed by atoms with Crippen LogP contribution in [0.3, 0.4) is 0 Å². The summed E-state index contributed by atoms with van der Waals surface area (Å²) in [4.78, 5) is 27.2. The molecule has 0 unspecified atom stereocenters. The topological polar surface area (TPSA) is 76.5 Å². The largest absolute Gasteiger partial charge is 0.376 e. The molecule has 0 spiro atoms. The number of nitrogens with zero attached hydrogens (tertiary/aromatic N) is 3. The Labute approximate surface area is 161 Å². The summed E-state index contributed by atoms with van der Waals surface area (Å²) in [5.41, 5.74) is 0. The second kappa shape index (κ2) is 9.88. The molecule has 150 valence electrons. The van der Waals surface area contributed by atoms with Crippen LogP contribution in [-0.2, 0) is 20.9 Å². The van der Waals surface area contributed by atoms with Crippen LogP contribution >= 0.6 is 0 Å². The van der Waals surface area contributed by atoms with E-state index >= 15 is 0 Å². The normalized spacial score (nSPS) is 25.5. The van der Waals surface area contributed by atoms with Gasteiger partial charge < -0.3 is 15.0 Å². The molecule has 7 heteroatoms. The van der Waals surface area contributed by atoms with Crippen molar-refractivity contribution in [2.24, 2.45) is 5.92 Å². The Balaban J connectivity index is 1.55. The number of amides is 2. The number of carbonyl (C=O) groups excluding carboxylic acids is 2. The first kappa shape index (κ1) is 19.9. The van der Waals surface area contributed by atoms with Crippen LogP contribution in [0.1, 0.15) is 51.9 Å². The lowest BCUT2D eigenvalue weighted by Gasteiger charge is -2.37. The van der Waals surface area contributed by atoms with Crippen molar-refractivity contribution in [3.63, 3.8) is 0 Å². The summed E-state index contributed by atoms with van der Waals surface area (Å²) in [5.74, 6) is 0.257. The molecule has 2 aliphatic rings. The summed E-state index contributed by atoms with van der Waals surface area (Å²) in [5, 5.41) is 7.27. The van der Waals surface area contributed by atoms with Crippen molar-refractivity contribution in [2.75, 3.05) is 19.7 Å². The van der Waals surface area contributed by atoms with Gasteiger partial charge in [-0.05, 0) is 44.6 Å². The van der Waals surface area contributed by atoms with E-state index in [1.54, 1.807) is 10.9 Å². The van der Waals surface area contributed by atoms with Crippen LogP contribution in [0.5, 0.6) is 0 Å². The molecule has 1 saturated carbocycles. The van der Waals surface area contributed by atoms with Gasteiger partial charge in [-0.25, -0.2) is 0 Å². The molecule has 27 heavy (non-hydrogen) atoms. The third-order valence-corrected chi connectivity index (χ3v) is 5.56. The van der Waals surface area contributed by atoms with E-state index in [9.17, 15) is 9.59 Å². The molecule has 2 amide bonds. The number of ether oxygens (including phenoxy) is 1. The Kier molecular flexibility index (Phi) is 7.26. The smallest absolute Gasteiger partial charge is 0.225 e. The molecule has 2 heterocycles. The molecule has 2 fully saturated rings. The number of hydrogen-bond acceptors (Lipinski definition) is 4. The Morgan fingerprint density at radius 2 is 2.07 bits per heavy atom. The van der Waals surface area contributed by atoms with Crippen LogP contribution < -0.4 is 5.32 Å². The molecule has 1 aliphatic carbocycles. The summed E-state index contributed by atoms with van der Waals surface area (Å²) >= 11 is 0. The van der Waals surface area contributed by atoms with Crippen LogP contribution in [0.15, 0.2) is 18.5 Å². The van der Waals surface area contributed by atoms with Crippen molar-refractivity contribution < 1.29 is 14.3 Å². The Bertz CT molecular complexity index is 598. The molecule has 1 aliphatic heterocycles. The summed E-state index contributed by atoms with van der Waals surface area (Å²) in [7, 11) is 0. The lowest BCUT2D eigenvalue weighted by atomic mass is 9.82. The predicted octanol–water partition coefficient (Wildman–Crippen LogP) is 1.98. The molecule has 0 aromatic carbocycles. The van der Waals surface area contributed by atoms with Gasteiger partial charge in [0.25, 0.3) is 0 Å². The van der Waals surface area contributed by atoms with Gasteiger partial charge in [-0.15, -0.1) is 0 Å². The second-order valence-corrected chi connectivity index (χ2v) is 7.64.